The van der Waals surface area contributed by atoms with E-state index < -0.39 is 22.5 Å². The Morgan fingerprint density at radius 2 is 1.51 bits per heavy atom. The standard InChI is InChI=1S/C26H30N2O6S/c1-5-23(19-11-13-20(32-2)14-12-19)27-26(29)18-28(35(30,31)22-9-7-6-8-10-22)24-17-21(33-3)15-16-25(24)34-4/h6-17,23H,5,18H2,1-4H3,(H,27,29)/t23-/m0/s1. The van der Waals surface area contributed by atoms with E-state index in [1.807, 2.05) is 31.2 Å². The fourth-order valence-electron chi connectivity index (χ4n) is 3.64. The topological polar surface area (TPSA) is 94.2 Å². The predicted octanol–water partition coefficient (Wildman–Crippen LogP) is 4.18. The molecule has 3 rings (SSSR count). The summed E-state index contributed by atoms with van der Waals surface area (Å²) in [7, 11) is 0.405. The van der Waals surface area contributed by atoms with Crippen LogP contribution in [0.4, 0.5) is 5.69 Å². The molecule has 3 aromatic rings. The summed E-state index contributed by atoms with van der Waals surface area (Å²) in [5.74, 6) is 0.969. The van der Waals surface area contributed by atoms with Crippen molar-refractivity contribution in [1.82, 2.24) is 5.32 Å². The summed E-state index contributed by atoms with van der Waals surface area (Å²) in [6.07, 6.45) is 0.617. The summed E-state index contributed by atoms with van der Waals surface area (Å²) in [6.45, 7) is 1.49. The van der Waals surface area contributed by atoms with Crippen molar-refractivity contribution in [3.05, 3.63) is 78.4 Å². The maximum Gasteiger partial charge on any atom is 0.264 e. The van der Waals surface area contributed by atoms with Gasteiger partial charge in [-0.05, 0) is 48.4 Å². The smallest absolute Gasteiger partial charge is 0.264 e. The van der Waals surface area contributed by atoms with Gasteiger partial charge in [0.25, 0.3) is 10.0 Å². The summed E-state index contributed by atoms with van der Waals surface area (Å²) in [6, 6.07) is 19.8. The first-order chi connectivity index (χ1) is 16.8. The molecule has 35 heavy (non-hydrogen) atoms. The number of methoxy groups -OCH3 is 3. The molecule has 0 heterocycles. The van der Waals surface area contributed by atoms with Crippen LogP contribution in [0.1, 0.15) is 24.9 Å². The number of rotatable bonds is 11. The highest BCUT2D eigenvalue weighted by Crippen LogP contribution is 2.35. The van der Waals surface area contributed by atoms with Gasteiger partial charge >= 0.3 is 0 Å². The molecule has 8 nitrogen and oxygen atoms in total. The molecular weight excluding hydrogens is 468 g/mol. The quantitative estimate of drug-likeness (QED) is 0.426. The molecule has 0 fully saturated rings. The zero-order valence-electron chi connectivity index (χ0n) is 20.2. The first kappa shape index (κ1) is 25.9. The highest BCUT2D eigenvalue weighted by molar-refractivity contribution is 7.92. The third-order valence-electron chi connectivity index (χ3n) is 5.53. The second-order valence-corrected chi connectivity index (χ2v) is 9.53. The second-order valence-electron chi connectivity index (χ2n) is 7.66. The lowest BCUT2D eigenvalue weighted by molar-refractivity contribution is -0.120. The molecule has 0 radical (unpaired) electrons. The van der Waals surface area contributed by atoms with E-state index in [1.54, 1.807) is 37.4 Å². The van der Waals surface area contributed by atoms with Gasteiger partial charge in [0.05, 0.1) is 38.0 Å². The number of amides is 1. The fraction of sp³-hybridized carbons (Fsp3) is 0.269. The molecule has 0 aliphatic heterocycles. The Kier molecular flexibility index (Phi) is 8.59. The Balaban J connectivity index is 1.97. The van der Waals surface area contributed by atoms with Crippen molar-refractivity contribution in [3.63, 3.8) is 0 Å². The van der Waals surface area contributed by atoms with Crippen LogP contribution in [-0.4, -0.2) is 42.2 Å². The Labute approximate surface area is 206 Å². The fourth-order valence-corrected chi connectivity index (χ4v) is 5.08. The molecule has 186 valence electrons. The van der Waals surface area contributed by atoms with Gasteiger partial charge in [-0.3, -0.25) is 9.10 Å². The third-order valence-corrected chi connectivity index (χ3v) is 7.31. The van der Waals surface area contributed by atoms with Crippen LogP contribution in [0.3, 0.4) is 0 Å². The van der Waals surface area contributed by atoms with Crippen LogP contribution >= 0.6 is 0 Å². The van der Waals surface area contributed by atoms with Crippen molar-refractivity contribution >= 4 is 21.6 Å². The molecule has 0 saturated carbocycles. The van der Waals surface area contributed by atoms with E-state index in [0.717, 1.165) is 9.87 Å². The average molecular weight is 499 g/mol. The number of nitrogens with one attached hydrogen (secondary N) is 1. The van der Waals surface area contributed by atoms with Crippen molar-refractivity contribution in [2.45, 2.75) is 24.3 Å². The lowest BCUT2D eigenvalue weighted by Crippen LogP contribution is -2.42. The van der Waals surface area contributed by atoms with E-state index in [0.29, 0.717) is 23.7 Å². The molecule has 0 spiro atoms. The first-order valence-electron chi connectivity index (χ1n) is 11.1. The van der Waals surface area contributed by atoms with Gasteiger partial charge in [0, 0.05) is 6.07 Å². The van der Waals surface area contributed by atoms with Gasteiger partial charge in [-0.15, -0.1) is 0 Å². The number of anilines is 1. The molecule has 0 saturated heterocycles. The van der Waals surface area contributed by atoms with Crippen molar-refractivity contribution in [1.29, 1.82) is 0 Å². The van der Waals surface area contributed by atoms with E-state index >= 15 is 0 Å². The van der Waals surface area contributed by atoms with Crippen LogP contribution in [0.25, 0.3) is 0 Å². The van der Waals surface area contributed by atoms with Gasteiger partial charge in [0.1, 0.15) is 23.8 Å². The summed E-state index contributed by atoms with van der Waals surface area (Å²) in [4.78, 5) is 13.3. The minimum atomic E-state index is -4.10. The highest BCUT2D eigenvalue weighted by Gasteiger charge is 2.30. The van der Waals surface area contributed by atoms with Crippen molar-refractivity contribution in [3.8, 4) is 17.2 Å². The van der Waals surface area contributed by atoms with Gasteiger partial charge in [-0.1, -0.05) is 37.3 Å². The SMILES string of the molecule is CC[C@H](NC(=O)CN(c1cc(OC)ccc1OC)S(=O)(=O)c1ccccc1)c1ccc(OC)cc1. The summed E-state index contributed by atoms with van der Waals surface area (Å²) in [5, 5.41) is 2.95. The van der Waals surface area contributed by atoms with Crippen LogP contribution in [0.2, 0.25) is 0 Å². The zero-order valence-corrected chi connectivity index (χ0v) is 21.0. The van der Waals surface area contributed by atoms with Crippen LogP contribution in [0, 0.1) is 0 Å². The highest BCUT2D eigenvalue weighted by atomic mass is 32.2. The lowest BCUT2D eigenvalue weighted by Gasteiger charge is -2.27. The van der Waals surface area contributed by atoms with Gasteiger partial charge in [-0.2, -0.15) is 0 Å². The lowest BCUT2D eigenvalue weighted by atomic mass is 10.0. The maximum absolute atomic E-state index is 13.7. The Morgan fingerprint density at radius 3 is 2.09 bits per heavy atom. The molecule has 0 bridgehead atoms. The monoisotopic (exact) mass is 498 g/mol. The van der Waals surface area contributed by atoms with Crippen molar-refractivity contribution in [2.75, 3.05) is 32.2 Å². The maximum atomic E-state index is 13.7. The van der Waals surface area contributed by atoms with Crippen LogP contribution < -0.4 is 23.8 Å². The number of carbonyl (C=O) groups is 1. The Hall–Kier alpha value is -3.72. The summed E-state index contributed by atoms with van der Waals surface area (Å²) >= 11 is 0. The molecule has 9 heteroatoms. The molecule has 1 N–H and O–H groups in total. The number of benzene rings is 3. The average Bonchev–Trinajstić information content (AvgIpc) is 2.90. The van der Waals surface area contributed by atoms with Gasteiger partial charge in [0.2, 0.25) is 5.91 Å². The predicted molar refractivity (Wildman–Crippen MR) is 135 cm³/mol. The number of hydrogen-bond donors (Lipinski definition) is 1. The first-order valence-corrected chi connectivity index (χ1v) is 12.5. The molecule has 1 amide bonds. The third kappa shape index (κ3) is 6.05. The Morgan fingerprint density at radius 1 is 0.886 bits per heavy atom. The van der Waals surface area contributed by atoms with Gasteiger partial charge in [0.15, 0.2) is 0 Å². The van der Waals surface area contributed by atoms with E-state index in [1.165, 1.54) is 32.4 Å². The number of sulfonamides is 1. The van der Waals surface area contributed by atoms with Crippen molar-refractivity contribution in [2.24, 2.45) is 0 Å². The van der Waals surface area contributed by atoms with Crippen LogP contribution in [-0.2, 0) is 14.8 Å². The second kappa shape index (κ2) is 11.6. The zero-order chi connectivity index (χ0) is 25.4. The summed E-state index contributed by atoms with van der Waals surface area (Å²) < 4.78 is 44.3. The largest absolute Gasteiger partial charge is 0.497 e. The number of nitrogens with zero attached hydrogens (tertiary/aromatic N) is 1. The molecule has 0 aliphatic carbocycles. The minimum absolute atomic E-state index is 0.0554. The number of hydrogen-bond acceptors (Lipinski definition) is 6. The minimum Gasteiger partial charge on any atom is -0.497 e. The van der Waals surface area contributed by atoms with Gasteiger partial charge < -0.3 is 19.5 Å². The number of carbonyl (C=O) groups excluding carboxylic acids is 1. The van der Waals surface area contributed by atoms with E-state index in [4.69, 9.17) is 14.2 Å². The van der Waals surface area contributed by atoms with E-state index in [2.05, 4.69) is 5.32 Å². The molecular formula is C26H30N2O6S. The Bertz CT molecular complexity index is 1230. The molecule has 3 aromatic carbocycles. The van der Waals surface area contributed by atoms with Crippen LogP contribution in [0.5, 0.6) is 17.2 Å². The molecule has 0 aliphatic rings. The molecule has 1 atom stereocenters. The molecule has 0 aromatic heterocycles. The van der Waals surface area contributed by atoms with Crippen LogP contribution in [0.15, 0.2) is 77.7 Å². The van der Waals surface area contributed by atoms with E-state index in [9.17, 15) is 13.2 Å². The van der Waals surface area contributed by atoms with Gasteiger partial charge in [-0.25, -0.2) is 8.42 Å². The summed E-state index contributed by atoms with van der Waals surface area (Å²) in [5.41, 5.74) is 1.08. The molecule has 0 unspecified atom stereocenters. The van der Waals surface area contributed by atoms with E-state index in [-0.39, 0.29) is 16.6 Å². The normalized spacial score (nSPS) is 11.9. The van der Waals surface area contributed by atoms with Crippen molar-refractivity contribution < 1.29 is 27.4 Å². The number of ether oxygens (including phenoxy) is 3.